The fraction of sp³-hybridized carbons (Fsp3) is 0.0833. The van der Waals surface area contributed by atoms with Gasteiger partial charge in [-0.2, -0.15) is 13.2 Å². The van der Waals surface area contributed by atoms with E-state index in [2.05, 4.69) is 31.9 Å². The van der Waals surface area contributed by atoms with Crippen molar-refractivity contribution in [2.45, 2.75) is 12.7 Å². The van der Waals surface area contributed by atoms with Crippen molar-refractivity contribution in [2.75, 3.05) is 0 Å². The van der Waals surface area contributed by atoms with Crippen LogP contribution in [0.3, 0.4) is 0 Å². The smallest absolute Gasteiger partial charge is 0.416 e. The number of nitro benzene ring substituents is 1. The van der Waals surface area contributed by atoms with E-state index in [1.807, 2.05) is 0 Å². The minimum Gasteiger partial charge on any atom is -0.449 e. The molecule has 0 spiro atoms. The topological polar surface area (TPSA) is 89.7 Å². The van der Waals surface area contributed by atoms with Gasteiger partial charge in [-0.1, -0.05) is 50.1 Å². The Morgan fingerprint density at radius 3 is 2.41 bits per heavy atom. The van der Waals surface area contributed by atoms with E-state index in [1.54, 1.807) is 36.4 Å². The first-order chi connectivity index (χ1) is 17.4. The highest BCUT2D eigenvalue weighted by Gasteiger charge is 2.36. The third-order valence-corrected chi connectivity index (χ3v) is 7.30. The molecular formula is C24H13Br2F3N2O5S. The molecule has 1 aliphatic heterocycles. The summed E-state index contributed by atoms with van der Waals surface area (Å²) in [6, 6.07) is 13.6. The Hall–Kier alpha value is -3.16. The number of rotatable bonds is 6. The maximum atomic E-state index is 13.0. The zero-order valence-electron chi connectivity index (χ0n) is 18.3. The molecule has 0 unspecified atom stereocenters. The highest BCUT2D eigenvalue weighted by Crippen LogP contribution is 2.41. The van der Waals surface area contributed by atoms with Crippen LogP contribution in [0.1, 0.15) is 16.7 Å². The highest BCUT2D eigenvalue weighted by atomic mass is 79.9. The Morgan fingerprint density at radius 1 is 1.03 bits per heavy atom. The van der Waals surface area contributed by atoms with Gasteiger partial charge in [-0.3, -0.25) is 24.6 Å². The number of nitro groups is 1. The Balaban J connectivity index is 1.67. The molecule has 1 fully saturated rings. The summed E-state index contributed by atoms with van der Waals surface area (Å²) in [5.41, 5.74) is -1.07. The molecule has 0 aliphatic carbocycles. The first-order valence-corrected chi connectivity index (χ1v) is 12.7. The van der Waals surface area contributed by atoms with Gasteiger partial charge in [0.25, 0.3) is 11.1 Å². The van der Waals surface area contributed by atoms with Crippen molar-refractivity contribution in [1.82, 2.24) is 4.90 Å². The van der Waals surface area contributed by atoms with Gasteiger partial charge in [-0.25, -0.2) is 0 Å². The lowest BCUT2D eigenvalue weighted by atomic mass is 10.1. The van der Waals surface area contributed by atoms with Gasteiger partial charge in [0.2, 0.25) is 5.75 Å². The number of hydrogen-bond donors (Lipinski definition) is 0. The van der Waals surface area contributed by atoms with Gasteiger partial charge in [0.05, 0.1) is 21.9 Å². The molecule has 4 rings (SSSR count). The summed E-state index contributed by atoms with van der Waals surface area (Å²) in [6.45, 7) is 0.0447. The second-order valence-electron chi connectivity index (χ2n) is 7.58. The third kappa shape index (κ3) is 6.05. The van der Waals surface area contributed by atoms with Crippen LogP contribution in [0.5, 0.6) is 11.5 Å². The number of thioether (sulfide) groups is 1. The second-order valence-corrected chi connectivity index (χ2v) is 10.3. The van der Waals surface area contributed by atoms with E-state index in [4.69, 9.17) is 4.74 Å². The molecule has 1 aliphatic rings. The normalized spacial score (nSPS) is 14.9. The number of ether oxygens (including phenoxy) is 1. The molecule has 7 nitrogen and oxygen atoms in total. The number of alkyl halides is 3. The van der Waals surface area contributed by atoms with Crippen LogP contribution in [0.4, 0.5) is 23.7 Å². The molecule has 2 amide bonds. The van der Waals surface area contributed by atoms with Crippen molar-refractivity contribution in [3.05, 3.63) is 101 Å². The lowest BCUT2D eigenvalue weighted by Crippen LogP contribution is -2.27. The van der Waals surface area contributed by atoms with Crippen LogP contribution >= 0.6 is 43.6 Å². The summed E-state index contributed by atoms with van der Waals surface area (Å²) in [4.78, 5) is 37.2. The molecule has 1 saturated heterocycles. The largest absolute Gasteiger partial charge is 0.449 e. The fourth-order valence-corrected chi connectivity index (χ4v) is 4.96. The van der Waals surface area contributed by atoms with Crippen LogP contribution in [0.2, 0.25) is 0 Å². The first-order valence-electron chi connectivity index (χ1n) is 10.3. The lowest BCUT2D eigenvalue weighted by Gasteiger charge is -2.14. The van der Waals surface area contributed by atoms with Crippen molar-refractivity contribution >= 4 is 66.5 Å². The number of carbonyl (C=O) groups excluding carboxylic acids is 2. The van der Waals surface area contributed by atoms with Gasteiger partial charge in [-0.05, 0) is 59.8 Å². The van der Waals surface area contributed by atoms with Crippen molar-refractivity contribution in [3.8, 4) is 11.5 Å². The van der Waals surface area contributed by atoms with Gasteiger partial charge in [0.1, 0.15) is 5.75 Å². The molecule has 0 N–H and O–H groups in total. The average Bonchev–Trinajstić information content (AvgIpc) is 3.08. The average molecular weight is 658 g/mol. The number of imide groups is 1. The summed E-state index contributed by atoms with van der Waals surface area (Å²) >= 11 is 7.40. The molecule has 1 heterocycles. The Kier molecular flexibility index (Phi) is 7.76. The third-order valence-electron chi connectivity index (χ3n) is 5.12. The number of nitrogens with zero attached hydrogens (tertiary/aromatic N) is 2. The van der Waals surface area contributed by atoms with Gasteiger partial charge in [0.15, 0.2) is 0 Å². The van der Waals surface area contributed by atoms with E-state index in [9.17, 15) is 32.9 Å². The number of amides is 2. The molecule has 0 radical (unpaired) electrons. The molecule has 3 aromatic rings. The molecule has 13 heteroatoms. The number of hydrogen-bond acceptors (Lipinski definition) is 6. The molecule has 37 heavy (non-hydrogen) atoms. The van der Waals surface area contributed by atoms with Gasteiger partial charge >= 0.3 is 11.9 Å². The summed E-state index contributed by atoms with van der Waals surface area (Å²) in [6.07, 6.45) is -3.38. The van der Waals surface area contributed by atoms with Crippen molar-refractivity contribution in [1.29, 1.82) is 0 Å². The predicted octanol–water partition coefficient (Wildman–Crippen LogP) is 8.17. The zero-order chi connectivity index (χ0) is 26.9. The van der Waals surface area contributed by atoms with Crippen LogP contribution in [-0.4, -0.2) is 21.0 Å². The Morgan fingerprint density at radius 2 is 1.73 bits per heavy atom. The second kappa shape index (κ2) is 10.7. The Bertz CT molecular complexity index is 1460. The van der Waals surface area contributed by atoms with Crippen LogP contribution in [0.25, 0.3) is 6.08 Å². The first kappa shape index (κ1) is 26.9. The van der Waals surface area contributed by atoms with Crippen LogP contribution in [-0.2, 0) is 17.5 Å². The van der Waals surface area contributed by atoms with Crippen molar-refractivity contribution < 1.29 is 32.4 Å². The molecule has 0 aromatic heterocycles. The molecule has 0 atom stereocenters. The van der Waals surface area contributed by atoms with Crippen molar-refractivity contribution in [3.63, 3.8) is 0 Å². The summed E-state index contributed by atoms with van der Waals surface area (Å²) in [7, 11) is 0. The predicted molar refractivity (Wildman–Crippen MR) is 138 cm³/mol. The van der Waals surface area contributed by atoms with Crippen LogP contribution < -0.4 is 4.74 Å². The quantitative estimate of drug-likeness (QED) is 0.151. The number of benzene rings is 3. The maximum absolute atomic E-state index is 13.0. The summed E-state index contributed by atoms with van der Waals surface area (Å²) in [5, 5.41) is 11.0. The highest BCUT2D eigenvalue weighted by molar-refractivity contribution is 9.10. The fourth-order valence-electron chi connectivity index (χ4n) is 3.34. The van der Waals surface area contributed by atoms with Crippen LogP contribution in [0.15, 0.2) is 74.5 Å². The van der Waals surface area contributed by atoms with Crippen molar-refractivity contribution in [2.24, 2.45) is 0 Å². The van der Waals surface area contributed by atoms with E-state index in [0.29, 0.717) is 28.4 Å². The van der Waals surface area contributed by atoms with E-state index in [-0.39, 0.29) is 22.8 Å². The van der Waals surface area contributed by atoms with E-state index in [0.717, 1.165) is 21.0 Å². The van der Waals surface area contributed by atoms with E-state index >= 15 is 0 Å². The summed E-state index contributed by atoms with van der Waals surface area (Å²) < 4.78 is 46.1. The van der Waals surface area contributed by atoms with E-state index in [1.165, 1.54) is 12.1 Å². The molecule has 3 aromatic carbocycles. The number of carbonyl (C=O) groups is 2. The monoisotopic (exact) mass is 656 g/mol. The zero-order valence-corrected chi connectivity index (χ0v) is 22.3. The molecule has 190 valence electrons. The molecule has 0 bridgehead atoms. The van der Waals surface area contributed by atoms with Gasteiger partial charge in [0, 0.05) is 20.6 Å². The molecule has 0 saturated carbocycles. The van der Waals surface area contributed by atoms with Gasteiger partial charge in [-0.15, -0.1) is 0 Å². The molecular weight excluding hydrogens is 645 g/mol. The number of halogens is 5. The maximum Gasteiger partial charge on any atom is 0.416 e. The van der Waals surface area contributed by atoms with E-state index < -0.39 is 39.2 Å². The standard InChI is InChI=1S/C24H13Br2F3N2O5S/c25-16-6-8-19(36-20-7-5-15(24(27,28)29)11-18(20)31(34)35)14(9-16)10-21-22(32)30(23(33)37-21)12-13-3-1-2-4-17(13)26/h1-11H,12H2/b21-10+. The van der Waals surface area contributed by atoms with Crippen LogP contribution in [0, 0.1) is 10.1 Å². The lowest BCUT2D eigenvalue weighted by molar-refractivity contribution is -0.385. The summed E-state index contributed by atoms with van der Waals surface area (Å²) in [5.74, 6) is -0.933. The van der Waals surface area contributed by atoms with Gasteiger partial charge < -0.3 is 4.74 Å². The minimum absolute atomic E-state index is 0.0312. The Labute approximate surface area is 228 Å². The minimum atomic E-state index is -4.77. The SMILES string of the molecule is O=C1S/C(=C/c2cc(Br)ccc2Oc2ccc(C(F)(F)F)cc2[N+](=O)[O-])C(=O)N1Cc1ccccc1Br.